The van der Waals surface area contributed by atoms with Crippen LogP contribution < -0.4 is 5.32 Å². The summed E-state index contributed by atoms with van der Waals surface area (Å²) in [4.78, 5) is 28.4. The number of rotatable bonds is 10. The topological polar surface area (TPSA) is 49.4 Å². The highest BCUT2D eigenvalue weighted by atomic mass is 35.5. The molecule has 3 rings (SSSR count). The van der Waals surface area contributed by atoms with Crippen LogP contribution in [0.15, 0.2) is 78.9 Å². The van der Waals surface area contributed by atoms with Crippen LogP contribution in [0.1, 0.15) is 42.0 Å². The van der Waals surface area contributed by atoms with Crippen molar-refractivity contribution in [3.63, 3.8) is 0 Å². The molecule has 3 aromatic rings. The van der Waals surface area contributed by atoms with Gasteiger partial charge in [-0.2, -0.15) is 0 Å². The molecule has 0 heterocycles. The summed E-state index contributed by atoms with van der Waals surface area (Å²) >= 11 is 6.05. The molecular weight excluding hydrogens is 432 g/mol. The number of carbonyl (C=O) groups is 2. The average Bonchev–Trinajstić information content (AvgIpc) is 2.82. The molecule has 2 amide bonds. The van der Waals surface area contributed by atoms with Gasteiger partial charge in [-0.15, -0.1) is 0 Å². The van der Waals surface area contributed by atoms with Crippen LogP contribution in [0.2, 0.25) is 5.02 Å². The second-order valence-corrected chi connectivity index (χ2v) is 8.74. The molecule has 4 nitrogen and oxygen atoms in total. The average molecular weight is 463 g/mol. The van der Waals surface area contributed by atoms with Gasteiger partial charge >= 0.3 is 0 Å². The van der Waals surface area contributed by atoms with Crippen LogP contribution >= 0.6 is 11.6 Å². The van der Waals surface area contributed by atoms with Crippen molar-refractivity contribution in [1.82, 2.24) is 10.2 Å². The number of benzene rings is 3. The maximum absolute atomic E-state index is 13.5. The molecule has 0 bridgehead atoms. The number of amides is 2. The summed E-state index contributed by atoms with van der Waals surface area (Å²) in [6, 6.07) is 24.7. The van der Waals surface area contributed by atoms with Gasteiger partial charge in [-0.3, -0.25) is 9.59 Å². The Morgan fingerprint density at radius 1 is 0.879 bits per heavy atom. The molecule has 0 spiro atoms. The van der Waals surface area contributed by atoms with Gasteiger partial charge in [-0.1, -0.05) is 90.8 Å². The molecule has 0 aliphatic heterocycles. The van der Waals surface area contributed by atoms with Gasteiger partial charge in [-0.25, -0.2) is 0 Å². The van der Waals surface area contributed by atoms with E-state index < -0.39 is 6.04 Å². The lowest BCUT2D eigenvalue weighted by atomic mass is 10.0. The van der Waals surface area contributed by atoms with Crippen molar-refractivity contribution in [2.24, 2.45) is 0 Å². The Kier molecular flexibility index (Phi) is 9.08. The largest absolute Gasteiger partial charge is 0.350 e. The zero-order valence-corrected chi connectivity index (χ0v) is 20.0. The number of halogens is 1. The Morgan fingerprint density at radius 2 is 1.52 bits per heavy atom. The van der Waals surface area contributed by atoms with Gasteiger partial charge in [0.15, 0.2) is 0 Å². The third kappa shape index (κ3) is 7.47. The van der Waals surface area contributed by atoms with E-state index in [1.54, 1.807) is 4.90 Å². The Hall–Kier alpha value is -3.11. The van der Waals surface area contributed by atoms with E-state index in [4.69, 9.17) is 11.6 Å². The first-order chi connectivity index (χ1) is 16.0. The van der Waals surface area contributed by atoms with E-state index in [2.05, 4.69) is 5.32 Å². The maximum atomic E-state index is 13.5. The smallest absolute Gasteiger partial charge is 0.243 e. The number of aryl methyl sites for hydroxylation is 1. The van der Waals surface area contributed by atoms with Gasteiger partial charge in [0.05, 0.1) is 0 Å². The summed E-state index contributed by atoms with van der Waals surface area (Å²) in [5.41, 5.74) is 4.15. The molecule has 0 aromatic heterocycles. The molecular formula is C28H31ClN2O2. The Labute approximate surface area is 201 Å². The molecule has 5 heteroatoms. The lowest BCUT2D eigenvalue weighted by Gasteiger charge is -2.31. The van der Waals surface area contributed by atoms with Crippen LogP contribution in [0.4, 0.5) is 0 Å². The first-order valence-electron chi connectivity index (χ1n) is 11.4. The van der Waals surface area contributed by atoms with Gasteiger partial charge in [-0.05, 0) is 42.2 Å². The predicted molar refractivity (Wildman–Crippen MR) is 134 cm³/mol. The highest BCUT2D eigenvalue weighted by molar-refractivity contribution is 6.30. The van der Waals surface area contributed by atoms with Crippen molar-refractivity contribution in [3.05, 3.63) is 106 Å². The molecule has 3 aromatic carbocycles. The molecule has 1 unspecified atom stereocenters. The summed E-state index contributed by atoms with van der Waals surface area (Å²) in [5, 5.41) is 3.70. The summed E-state index contributed by atoms with van der Waals surface area (Å²) in [5.74, 6) is -0.184. The minimum absolute atomic E-state index is 0.0288. The third-order valence-corrected chi connectivity index (χ3v) is 5.84. The van der Waals surface area contributed by atoms with Crippen molar-refractivity contribution in [2.45, 2.75) is 52.2 Å². The first kappa shape index (κ1) is 24.5. The fraction of sp³-hybridized carbons (Fsp3) is 0.286. The first-order valence-corrected chi connectivity index (χ1v) is 11.7. The molecule has 0 fully saturated rings. The second kappa shape index (κ2) is 12.2. The van der Waals surface area contributed by atoms with Crippen LogP contribution in [-0.2, 0) is 29.1 Å². The lowest BCUT2D eigenvalue weighted by Crippen LogP contribution is -2.50. The molecule has 0 aliphatic carbocycles. The quantitative estimate of drug-likeness (QED) is 0.419. The van der Waals surface area contributed by atoms with Gasteiger partial charge in [0.2, 0.25) is 11.8 Å². The predicted octanol–water partition coefficient (Wildman–Crippen LogP) is 5.70. The van der Waals surface area contributed by atoms with Crippen LogP contribution in [-0.4, -0.2) is 22.8 Å². The van der Waals surface area contributed by atoms with Crippen molar-refractivity contribution in [2.75, 3.05) is 0 Å². The number of hydrogen-bond donors (Lipinski definition) is 1. The van der Waals surface area contributed by atoms with E-state index in [1.165, 1.54) is 5.56 Å². The highest BCUT2D eigenvalue weighted by Crippen LogP contribution is 2.18. The van der Waals surface area contributed by atoms with Crippen molar-refractivity contribution in [1.29, 1.82) is 0 Å². The van der Waals surface area contributed by atoms with E-state index in [-0.39, 0.29) is 11.8 Å². The Bertz CT molecular complexity index is 1030. The summed E-state index contributed by atoms with van der Waals surface area (Å²) < 4.78 is 0. The van der Waals surface area contributed by atoms with E-state index in [1.807, 2.05) is 92.7 Å². The minimum Gasteiger partial charge on any atom is -0.350 e. The molecule has 0 radical (unpaired) electrons. The molecule has 1 N–H and O–H groups in total. The third-order valence-electron chi connectivity index (χ3n) is 5.59. The van der Waals surface area contributed by atoms with Crippen LogP contribution in [0.3, 0.4) is 0 Å². The number of carbonyl (C=O) groups excluding carboxylic acids is 2. The number of hydrogen-bond acceptors (Lipinski definition) is 2. The summed E-state index contributed by atoms with van der Waals surface area (Å²) in [7, 11) is 0. The SMILES string of the molecule is CCCC(=O)N(Cc1ccc(Cl)cc1)C(Cc1ccccc1)C(=O)NCc1ccc(C)cc1. The van der Waals surface area contributed by atoms with Crippen LogP contribution in [0, 0.1) is 6.92 Å². The fourth-order valence-corrected chi connectivity index (χ4v) is 3.84. The summed E-state index contributed by atoms with van der Waals surface area (Å²) in [6.07, 6.45) is 1.56. The number of nitrogens with zero attached hydrogens (tertiary/aromatic N) is 1. The summed E-state index contributed by atoms with van der Waals surface area (Å²) in [6.45, 7) is 4.78. The molecule has 0 aliphatic rings. The standard InChI is InChI=1S/C28H31ClN2O2/c1-3-7-27(32)31(20-24-14-16-25(29)17-15-24)26(18-22-8-5-4-6-9-22)28(33)30-19-23-12-10-21(2)11-13-23/h4-6,8-17,26H,3,7,18-20H2,1-2H3,(H,30,33). The van der Waals surface area contributed by atoms with E-state index in [0.29, 0.717) is 31.0 Å². The Balaban J connectivity index is 1.86. The number of nitrogens with one attached hydrogen (secondary N) is 1. The zero-order chi connectivity index (χ0) is 23.6. The Morgan fingerprint density at radius 3 is 2.15 bits per heavy atom. The molecule has 1 atom stereocenters. The maximum Gasteiger partial charge on any atom is 0.243 e. The monoisotopic (exact) mass is 462 g/mol. The zero-order valence-electron chi connectivity index (χ0n) is 19.3. The minimum atomic E-state index is -0.618. The molecule has 33 heavy (non-hydrogen) atoms. The van der Waals surface area contributed by atoms with Gasteiger partial charge < -0.3 is 10.2 Å². The van der Waals surface area contributed by atoms with Gasteiger partial charge in [0.1, 0.15) is 6.04 Å². The van der Waals surface area contributed by atoms with E-state index >= 15 is 0 Å². The second-order valence-electron chi connectivity index (χ2n) is 8.31. The van der Waals surface area contributed by atoms with Crippen molar-refractivity contribution < 1.29 is 9.59 Å². The van der Waals surface area contributed by atoms with Crippen LogP contribution in [0.25, 0.3) is 0 Å². The highest BCUT2D eigenvalue weighted by Gasteiger charge is 2.29. The lowest BCUT2D eigenvalue weighted by molar-refractivity contribution is -0.141. The van der Waals surface area contributed by atoms with E-state index in [0.717, 1.165) is 23.1 Å². The normalized spacial score (nSPS) is 11.6. The van der Waals surface area contributed by atoms with E-state index in [9.17, 15) is 9.59 Å². The van der Waals surface area contributed by atoms with Gasteiger partial charge in [0.25, 0.3) is 0 Å². The van der Waals surface area contributed by atoms with Crippen molar-refractivity contribution >= 4 is 23.4 Å². The van der Waals surface area contributed by atoms with Crippen molar-refractivity contribution in [3.8, 4) is 0 Å². The molecule has 0 saturated carbocycles. The van der Waals surface area contributed by atoms with Gasteiger partial charge in [0, 0.05) is 31.0 Å². The van der Waals surface area contributed by atoms with Crippen LogP contribution in [0.5, 0.6) is 0 Å². The molecule has 0 saturated heterocycles. The fourth-order valence-electron chi connectivity index (χ4n) is 3.71. The molecule has 172 valence electrons.